The van der Waals surface area contributed by atoms with E-state index in [1.54, 1.807) is 12.4 Å². The molecule has 4 aliphatic carbocycles. The summed E-state index contributed by atoms with van der Waals surface area (Å²) in [5, 5.41) is 12.2. The lowest BCUT2D eigenvalue weighted by molar-refractivity contribution is -0.124. The zero-order chi connectivity index (χ0) is 18.4. The van der Waals surface area contributed by atoms with Crippen LogP contribution in [0.2, 0.25) is 0 Å². The Labute approximate surface area is 162 Å². The molecule has 142 valence electrons. The Morgan fingerprint density at radius 3 is 2.56 bits per heavy atom. The summed E-state index contributed by atoms with van der Waals surface area (Å²) in [5.41, 5.74) is 0.848. The monoisotopic (exact) mass is 384 g/mol. The number of aromatic nitrogens is 4. The van der Waals surface area contributed by atoms with Crippen molar-refractivity contribution in [2.45, 2.75) is 49.2 Å². The normalized spacial score (nSPS) is 31.2. The van der Waals surface area contributed by atoms with Gasteiger partial charge in [-0.3, -0.25) is 9.78 Å². The van der Waals surface area contributed by atoms with E-state index >= 15 is 0 Å². The van der Waals surface area contributed by atoms with E-state index in [-0.39, 0.29) is 11.4 Å². The minimum atomic E-state index is 0.0453. The Bertz CT molecular complexity index is 816. The molecule has 4 aliphatic rings. The van der Waals surface area contributed by atoms with Crippen LogP contribution in [0.25, 0.3) is 11.4 Å². The lowest BCUT2D eigenvalue weighted by Gasteiger charge is -2.56. The molecule has 4 bridgehead atoms. The standard InChI is InChI=1S/C19H24N6OS/c20-25-17(15-2-1-3-21-10-15)23-24-18(25)27-11-16(26)22-19-7-12-4-13(8-19)6-14(5-12)9-19/h1-3,10,12-14H,4-9,11,20H2,(H,22,26). The molecule has 2 aromatic rings. The molecule has 27 heavy (non-hydrogen) atoms. The topological polar surface area (TPSA) is 98.7 Å². The van der Waals surface area contributed by atoms with E-state index in [4.69, 9.17) is 5.84 Å². The van der Waals surface area contributed by atoms with Gasteiger partial charge in [0.1, 0.15) is 0 Å². The van der Waals surface area contributed by atoms with E-state index in [2.05, 4.69) is 20.5 Å². The van der Waals surface area contributed by atoms with Crippen LogP contribution < -0.4 is 11.2 Å². The largest absolute Gasteiger partial charge is 0.350 e. The van der Waals surface area contributed by atoms with Gasteiger partial charge in [0.05, 0.1) is 5.75 Å². The predicted octanol–water partition coefficient (Wildman–Crippen LogP) is 2.23. The minimum absolute atomic E-state index is 0.0453. The van der Waals surface area contributed by atoms with Crippen LogP contribution in [-0.2, 0) is 4.79 Å². The summed E-state index contributed by atoms with van der Waals surface area (Å²) in [4.78, 5) is 16.7. The highest BCUT2D eigenvalue weighted by atomic mass is 32.2. The number of nitrogens with two attached hydrogens (primary N) is 1. The Hall–Kier alpha value is -2.09. The first-order valence-electron chi connectivity index (χ1n) is 9.65. The number of carbonyl (C=O) groups excluding carboxylic acids is 1. The molecular formula is C19H24N6OS. The van der Waals surface area contributed by atoms with Crippen LogP contribution in [0.15, 0.2) is 29.7 Å². The number of carbonyl (C=O) groups is 1. The van der Waals surface area contributed by atoms with Crippen LogP contribution in [-0.4, -0.2) is 37.1 Å². The van der Waals surface area contributed by atoms with Gasteiger partial charge in [0, 0.05) is 23.5 Å². The Kier molecular flexibility index (Phi) is 4.11. The maximum absolute atomic E-state index is 12.6. The number of nitrogens with zero attached hydrogens (tertiary/aromatic N) is 4. The maximum atomic E-state index is 12.6. The fourth-order valence-corrected chi connectivity index (χ4v) is 6.45. The highest BCUT2D eigenvalue weighted by molar-refractivity contribution is 7.99. The second-order valence-corrected chi connectivity index (χ2v) is 9.40. The van der Waals surface area contributed by atoms with Crippen LogP contribution in [0.5, 0.6) is 0 Å². The number of hydrogen-bond acceptors (Lipinski definition) is 6. The number of amides is 1. The molecule has 0 aliphatic heterocycles. The van der Waals surface area contributed by atoms with E-state index in [1.807, 2.05) is 12.1 Å². The van der Waals surface area contributed by atoms with Crippen molar-refractivity contribution in [1.29, 1.82) is 0 Å². The van der Waals surface area contributed by atoms with Gasteiger partial charge in [0.25, 0.3) is 0 Å². The first-order chi connectivity index (χ1) is 13.1. The third kappa shape index (κ3) is 3.20. The molecule has 4 fully saturated rings. The zero-order valence-corrected chi connectivity index (χ0v) is 16.0. The first-order valence-corrected chi connectivity index (χ1v) is 10.6. The van der Waals surface area contributed by atoms with Crippen LogP contribution in [0.4, 0.5) is 0 Å². The van der Waals surface area contributed by atoms with Gasteiger partial charge in [0.15, 0.2) is 5.82 Å². The van der Waals surface area contributed by atoms with E-state index in [9.17, 15) is 4.79 Å². The molecule has 6 rings (SSSR count). The van der Waals surface area contributed by atoms with Gasteiger partial charge in [-0.2, -0.15) is 0 Å². The lowest BCUT2D eigenvalue weighted by Crippen LogP contribution is -2.60. The summed E-state index contributed by atoms with van der Waals surface area (Å²) in [7, 11) is 0. The van der Waals surface area contributed by atoms with Crippen molar-refractivity contribution in [3.05, 3.63) is 24.5 Å². The predicted molar refractivity (Wildman–Crippen MR) is 103 cm³/mol. The van der Waals surface area contributed by atoms with Crippen molar-refractivity contribution in [3.63, 3.8) is 0 Å². The third-order valence-electron chi connectivity index (χ3n) is 6.36. The number of rotatable bonds is 5. The van der Waals surface area contributed by atoms with Gasteiger partial charge >= 0.3 is 0 Å². The van der Waals surface area contributed by atoms with Crippen LogP contribution in [0, 0.1) is 17.8 Å². The quantitative estimate of drug-likeness (QED) is 0.606. The maximum Gasteiger partial charge on any atom is 0.230 e. The summed E-state index contributed by atoms with van der Waals surface area (Å²) in [6.45, 7) is 0. The summed E-state index contributed by atoms with van der Waals surface area (Å²) in [6.07, 6.45) is 11.0. The fourth-order valence-electron chi connectivity index (χ4n) is 5.79. The molecule has 1 amide bonds. The van der Waals surface area contributed by atoms with Gasteiger partial charge in [0.2, 0.25) is 11.1 Å². The van der Waals surface area contributed by atoms with E-state index in [0.717, 1.165) is 42.6 Å². The second-order valence-electron chi connectivity index (χ2n) is 8.45. The van der Waals surface area contributed by atoms with Crippen molar-refractivity contribution in [2.75, 3.05) is 11.6 Å². The SMILES string of the molecule is Nn1c(SCC(=O)NC23CC4CC(CC(C4)C2)C3)nnc1-c1cccnc1. The zero-order valence-electron chi connectivity index (χ0n) is 15.2. The summed E-state index contributed by atoms with van der Waals surface area (Å²) in [6, 6.07) is 3.71. The summed E-state index contributed by atoms with van der Waals surface area (Å²) in [5.74, 6) is 9.51. The molecule has 0 aromatic carbocycles. The fraction of sp³-hybridized carbons (Fsp3) is 0.579. The number of nitrogens with one attached hydrogen (secondary N) is 1. The highest BCUT2D eigenvalue weighted by Gasteiger charge is 2.51. The summed E-state index contributed by atoms with van der Waals surface area (Å²) >= 11 is 1.33. The molecule has 0 spiro atoms. The van der Waals surface area contributed by atoms with Crippen molar-refractivity contribution >= 4 is 17.7 Å². The third-order valence-corrected chi connectivity index (χ3v) is 7.30. The van der Waals surface area contributed by atoms with Gasteiger partial charge in [-0.1, -0.05) is 11.8 Å². The molecule has 8 heteroatoms. The molecule has 2 aromatic heterocycles. The van der Waals surface area contributed by atoms with Gasteiger partial charge in [-0.05, 0) is 68.4 Å². The van der Waals surface area contributed by atoms with Crippen molar-refractivity contribution in [3.8, 4) is 11.4 Å². The van der Waals surface area contributed by atoms with Gasteiger partial charge < -0.3 is 11.2 Å². The Balaban J connectivity index is 1.22. The molecule has 0 atom stereocenters. The average molecular weight is 385 g/mol. The van der Waals surface area contributed by atoms with Gasteiger partial charge in [-0.25, -0.2) is 4.68 Å². The van der Waals surface area contributed by atoms with Crippen LogP contribution in [0.3, 0.4) is 0 Å². The minimum Gasteiger partial charge on any atom is -0.350 e. The first kappa shape index (κ1) is 17.0. The van der Waals surface area contributed by atoms with E-state index in [0.29, 0.717) is 16.7 Å². The average Bonchev–Trinajstić information content (AvgIpc) is 3.00. The number of thioether (sulfide) groups is 1. The molecule has 7 nitrogen and oxygen atoms in total. The van der Waals surface area contributed by atoms with E-state index < -0.39 is 0 Å². The Morgan fingerprint density at radius 1 is 1.22 bits per heavy atom. The smallest absolute Gasteiger partial charge is 0.230 e. The number of hydrogen-bond donors (Lipinski definition) is 2. The van der Waals surface area contributed by atoms with Crippen molar-refractivity contribution < 1.29 is 4.79 Å². The Morgan fingerprint density at radius 2 is 1.93 bits per heavy atom. The summed E-state index contributed by atoms with van der Waals surface area (Å²) < 4.78 is 1.43. The molecule has 4 saturated carbocycles. The molecule has 0 unspecified atom stereocenters. The molecule has 3 N–H and O–H groups in total. The highest BCUT2D eigenvalue weighted by Crippen LogP contribution is 2.55. The molecular weight excluding hydrogens is 360 g/mol. The van der Waals surface area contributed by atoms with Gasteiger partial charge in [-0.15, -0.1) is 10.2 Å². The van der Waals surface area contributed by atoms with Crippen molar-refractivity contribution in [1.82, 2.24) is 25.2 Å². The van der Waals surface area contributed by atoms with E-state index in [1.165, 1.54) is 35.7 Å². The molecule has 0 radical (unpaired) electrons. The van der Waals surface area contributed by atoms with Crippen LogP contribution >= 0.6 is 11.8 Å². The molecule has 2 heterocycles. The molecule has 0 saturated heterocycles. The number of pyridine rings is 1. The second kappa shape index (κ2) is 6.51. The van der Waals surface area contributed by atoms with Crippen LogP contribution in [0.1, 0.15) is 38.5 Å². The lowest BCUT2D eigenvalue weighted by atomic mass is 9.53. The van der Waals surface area contributed by atoms with Crippen molar-refractivity contribution in [2.24, 2.45) is 17.8 Å². The number of nitrogen functional groups attached to an aromatic ring is 1.